The molecule has 0 amide bonds. The Hall–Kier alpha value is -1.79. The highest BCUT2D eigenvalue weighted by molar-refractivity contribution is 7.90. The minimum atomic E-state index is -3.19. The second-order valence-corrected chi connectivity index (χ2v) is 6.44. The van der Waals surface area contributed by atoms with Crippen LogP contribution in [0.1, 0.15) is 0 Å². The first-order chi connectivity index (χ1) is 8.86. The molecule has 0 saturated heterocycles. The molecule has 0 bridgehead atoms. The molecule has 2 aromatic rings. The molecule has 3 N–H and O–H groups in total. The summed E-state index contributed by atoms with van der Waals surface area (Å²) in [5.41, 5.74) is 6.71. The van der Waals surface area contributed by atoms with Crippen LogP contribution in [0.4, 0.5) is 17.2 Å². The van der Waals surface area contributed by atoms with Gasteiger partial charge in [-0.05, 0) is 30.3 Å². The molecular formula is C12H12ClN3O2S. The number of nitrogens with two attached hydrogens (primary N) is 1. The zero-order valence-corrected chi connectivity index (χ0v) is 11.7. The largest absolute Gasteiger partial charge is 0.397 e. The highest BCUT2D eigenvalue weighted by Gasteiger charge is 2.07. The van der Waals surface area contributed by atoms with Gasteiger partial charge < -0.3 is 11.1 Å². The Bertz CT molecular complexity index is 699. The molecule has 0 aliphatic carbocycles. The van der Waals surface area contributed by atoms with E-state index in [0.29, 0.717) is 22.2 Å². The predicted molar refractivity (Wildman–Crippen MR) is 76.5 cm³/mol. The predicted octanol–water partition coefficient (Wildman–Crippen LogP) is 2.46. The van der Waals surface area contributed by atoms with E-state index in [1.165, 1.54) is 18.3 Å². The van der Waals surface area contributed by atoms with E-state index in [-0.39, 0.29) is 4.90 Å². The van der Waals surface area contributed by atoms with Crippen LogP contribution >= 0.6 is 11.6 Å². The number of nitrogens with one attached hydrogen (secondary N) is 1. The van der Waals surface area contributed by atoms with Gasteiger partial charge in [0.05, 0.1) is 21.8 Å². The number of benzene rings is 1. The van der Waals surface area contributed by atoms with E-state index < -0.39 is 9.84 Å². The van der Waals surface area contributed by atoms with Crippen molar-refractivity contribution in [2.75, 3.05) is 17.3 Å². The van der Waals surface area contributed by atoms with Gasteiger partial charge in [0, 0.05) is 11.9 Å². The summed E-state index contributed by atoms with van der Waals surface area (Å²) in [7, 11) is -3.19. The maximum Gasteiger partial charge on any atom is 0.175 e. The van der Waals surface area contributed by atoms with Gasteiger partial charge in [-0.25, -0.2) is 13.4 Å². The molecule has 0 aliphatic rings. The lowest BCUT2D eigenvalue weighted by Crippen LogP contribution is -1.99. The number of hydrogen-bond acceptors (Lipinski definition) is 5. The number of halogens is 1. The van der Waals surface area contributed by atoms with Crippen molar-refractivity contribution in [3.05, 3.63) is 41.6 Å². The SMILES string of the molecule is CS(=O)(=O)c1ccc(Nc2ncc(N)cc2Cl)cc1. The maximum absolute atomic E-state index is 11.3. The van der Waals surface area contributed by atoms with Crippen LogP contribution in [-0.2, 0) is 9.84 Å². The van der Waals surface area contributed by atoms with Gasteiger partial charge >= 0.3 is 0 Å². The number of sulfone groups is 1. The Morgan fingerprint density at radius 3 is 2.42 bits per heavy atom. The average Bonchev–Trinajstić information content (AvgIpc) is 2.32. The van der Waals surface area contributed by atoms with Crippen LogP contribution in [0.2, 0.25) is 5.02 Å². The van der Waals surface area contributed by atoms with Crippen molar-refractivity contribution in [3.63, 3.8) is 0 Å². The van der Waals surface area contributed by atoms with Crippen molar-refractivity contribution in [1.29, 1.82) is 0 Å². The van der Waals surface area contributed by atoms with E-state index in [1.54, 1.807) is 18.2 Å². The molecule has 0 radical (unpaired) electrons. The highest BCUT2D eigenvalue weighted by atomic mass is 35.5. The summed E-state index contributed by atoms with van der Waals surface area (Å²) < 4.78 is 22.7. The zero-order chi connectivity index (χ0) is 14.0. The van der Waals surface area contributed by atoms with Crippen LogP contribution in [0.25, 0.3) is 0 Å². The summed E-state index contributed by atoms with van der Waals surface area (Å²) in [5.74, 6) is 0.461. The lowest BCUT2D eigenvalue weighted by Gasteiger charge is -2.08. The van der Waals surface area contributed by atoms with Crippen LogP contribution in [0.3, 0.4) is 0 Å². The number of pyridine rings is 1. The lowest BCUT2D eigenvalue weighted by atomic mass is 10.3. The average molecular weight is 298 g/mol. The van der Waals surface area contributed by atoms with E-state index in [4.69, 9.17) is 17.3 Å². The molecule has 0 spiro atoms. The summed E-state index contributed by atoms with van der Waals surface area (Å²) in [6, 6.07) is 7.91. The molecule has 0 atom stereocenters. The van der Waals surface area contributed by atoms with Crippen molar-refractivity contribution in [2.45, 2.75) is 4.90 Å². The van der Waals surface area contributed by atoms with Crippen LogP contribution in [0.5, 0.6) is 0 Å². The van der Waals surface area contributed by atoms with Gasteiger partial charge in [-0.15, -0.1) is 0 Å². The third kappa shape index (κ3) is 3.36. The zero-order valence-electron chi connectivity index (χ0n) is 10.1. The van der Waals surface area contributed by atoms with Crippen LogP contribution < -0.4 is 11.1 Å². The van der Waals surface area contributed by atoms with E-state index in [9.17, 15) is 8.42 Å². The Kier molecular flexibility index (Phi) is 3.64. The molecule has 1 aromatic carbocycles. The van der Waals surface area contributed by atoms with Crippen molar-refractivity contribution >= 4 is 38.6 Å². The molecule has 100 valence electrons. The summed E-state index contributed by atoms with van der Waals surface area (Å²) in [6.45, 7) is 0. The quantitative estimate of drug-likeness (QED) is 0.909. The van der Waals surface area contributed by atoms with E-state index in [1.807, 2.05) is 0 Å². The first kappa shape index (κ1) is 13.6. The minimum Gasteiger partial charge on any atom is -0.397 e. The Balaban J connectivity index is 2.25. The van der Waals surface area contributed by atoms with Gasteiger partial charge in [-0.3, -0.25) is 0 Å². The van der Waals surface area contributed by atoms with Crippen LogP contribution in [-0.4, -0.2) is 19.7 Å². The summed E-state index contributed by atoms with van der Waals surface area (Å²) in [5, 5.41) is 3.38. The lowest BCUT2D eigenvalue weighted by molar-refractivity contribution is 0.602. The van der Waals surface area contributed by atoms with Crippen molar-refractivity contribution in [1.82, 2.24) is 4.98 Å². The molecule has 0 fully saturated rings. The number of nitrogens with zero attached hydrogens (tertiary/aromatic N) is 1. The molecule has 0 unspecified atom stereocenters. The highest BCUT2D eigenvalue weighted by Crippen LogP contribution is 2.25. The molecule has 1 aromatic heterocycles. The third-order valence-corrected chi connectivity index (χ3v) is 3.82. The molecular weight excluding hydrogens is 286 g/mol. The molecule has 1 heterocycles. The van der Waals surface area contributed by atoms with E-state index in [0.717, 1.165) is 6.26 Å². The fourth-order valence-electron chi connectivity index (χ4n) is 1.47. The molecule has 19 heavy (non-hydrogen) atoms. The number of hydrogen-bond donors (Lipinski definition) is 2. The third-order valence-electron chi connectivity index (χ3n) is 2.41. The van der Waals surface area contributed by atoms with Gasteiger partial charge in [0.15, 0.2) is 9.84 Å². The summed E-state index contributed by atoms with van der Waals surface area (Å²) in [4.78, 5) is 4.32. The number of anilines is 3. The first-order valence-electron chi connectivity index (χ1n) is 5.34. The molecule has 5 nitrogen and oxygen atoms in total. The minimum absolute atomic E-state index is 0.259. The molecule has 2 rings (SSSR count). The fourth-order valence-corrected chi connectivity index (χ4v) is 2.32. The number of rotatable bonds is 3. The maximum atomic E-state index is 11.3. The smallest absolute Gasteiger partial charge is 0.175 e. The topological polar surface area (TPSA) is 85.1 Å². The molecule has 0 saturated carbocycles. The normalized spacial score (nSPS) is 11.3. The number of aromatic nitrogens is 1. The van der Waals surface area contributed by atoms with E-state index >= 15 is 0 Å². The monoisotopic (exact) mass is 297 g/mol. The Labute approximate surface area is 116 Å². The number of nitrogen functional groups attached to an aromatic ring is 1. The van der Waals surface area contributed by atoms with Crippen molar-refractivity contribution in [3.8, 4) is 0 Å². The summed E-state index contributed by atoms with van der Waals surface area (Å²) in [6.07, 6.45) is 2.65. The van der Waals surface area contributed by atoms with Gasteiger partial charge in [-0.2, -0.15) is 0 Å². The fraction of sp³-hybridized carbons (Fsp3) is 0.0833. The molecule has 7 heteroatoms. The van der Waals surface area contributed by atoms with Crippen molar-refractivity contribution < 1.29 is 8.42 Å². The van der Waals surface area contributed by atoms with Crippen LogP contribution in [0, 0.1) is 0 Å². The Morgan fingerprint density at radius 1 is 1.26 bits per heavy atom. The second kappa shape index (κ2) is 5.07. The second-order valence-electron chi connectivity index (χ2n) is 4.02. The van der Waals surface area contributed by atoms with E-state index in [2.05, 4.69) is 10.3 Å². The van der Waals surface area contributed by atoms with Crippen molar-refractivity contribution in [2.24, 2.45) is 0 Å². The van der Waals surface area contributed by atoms with Gasteiger partial charge in [-0.1, -0.05) is 11.6 Å². The van der Waals surface area contributed by atoms with Gasteiger partial charge in [0.25, 0.3) is 0 Å². The summed E-state index contributed by atoms with van der Waals surface area (Å²) >= 11 is 5.98. The van der Waals surface area contributed by atoms with Gasteiger partial charge in [0.1, 0.15) is 5.82 Å². The Morgan fingerprint density at radius 2 is 1.89 bits per heavy atom. The van der Waals surface area contributed by atoms with Gasteiger partial charge in [0.2, 0.25) is 0 Å². The molecule has 0 aliphatic heterocycles. The van der Waals surface area contributed by atoms with Crippen LogP contribution in [0.15, 0.2) is 41.4 Å². The first-order valence-corrected chi connectivity index (χ1v) is 7.61. The standard InChI is InChI=1S/C12H12ClN3O2S/c1-19(17,18)10-4-2-9(3-5-10)16-12-11(13)6-8(14)7-15-12/h2-7H,14H2,1H3,(H,15,16).